The number of hydrogen-bond donors (Lipinski definition) is 1. The first kappa shape index (κ1) is 13.8. The van der Waals surface area contributed by atoms with Gasteiger partial charge in [-0.25, -0.2) is 0 Å². The summed E-state index contributed by atoms with van der Waals surface area (Å²) in [6, 6.07) is 10.2. The molecule has 2 aromatic carbocycles. The Kier molecular flexibility index (Phi) is 3.29. The van der Waals surface area contributed by atoms with Gasteiger partial charge in [0.25, 0.3) is 11.7 Å². The van der Waals surface area contributed by atoms with Crippen LogP contribution in [0.3, 0.4) is 0 Å². The number of carbonyl (C=O) groups is 2. The Labute approximate surface area is 130 Å². The van der Waals surface area contributed by atoms with Crippen molar-refractivity contribution in [2.24, 2.45) is 0 Å². The quantitative estimate of drug-likeness (QED) is 0.850. The third kappa shape index (κ3) is 2.34. The maximum absolute atomic E-state index is 12.2. The van der Waals surface area contributed by atoms with Crippen LogP contribution in [0.25, 0.3) is 0 Å². The van der Waals surface area contributed by atoms with Crippen LogP contribution in [0.2, 0.25) is 0 Å². The molecule has 0 saturated carbocycles. The number of aromatic hydroxyl groups is 1. The van der Waals surface area contributed by atoms with Gasteiger partial charge < -0.3 is 10.0 Å². The first-order valence-electron chi connectivity index (χ1n) is 6.41. The Morgan fingerprint density at radius 3 is 2.48 bits per heavy atom. The summed E-state index contributed by atoms with van der Waals surface area (Å²) in [5.41, 5.74) is 2.83. The van der Waals surface area contributed by atoms with Crippen LogP contribution in [-0.2, 0) is 11.3 Å². The van der Waals surface area contributed by atoms with Crippen molar-refractivity contribution >= 4 is 33.3 Å². The van der Waals surface area contributed by atoms with Crippen molar-refractivity contribution in [3.8, 4) is 5.75 Å². The molecule has 1 aliphatic heterocycles. The fourth-order valence-electron chi connectivity index (χ4n) is 2.54. The van der Waals surface area contributed by atoms with Crippen LogP contribution in [0.5, 0.6) is 5.75 Å². The molecule has 0 atom stereocenters. The normalized spacial score (nSPS) is 13.7. The molecule has 21 heavy (non-hydrogen) atoms. The molecule has 1 amide bonds. The molecule has 1 N–H and O–H groups in total. The number of nitrogens with zero attached hydrogens (tertiary/aromatic N) is 1. The molecule has 0 bridgehead atoms. The number of benzene rings is 2. The van der Waals surface area contributed by atoms with Crippen LogP contribution in [0.15, 0.2) is 40.9 Å². The number of phenols is 1. The number of rotatable bonds is 2. The van der Waals surface area contributed by atoms with Crippen molar-refractivity contribution in [1.29, 1.82) is 0 Å². The van der Waals surface area contributed by atoms with Gasteiger partial charge in [-0.1, -0.05) is 28.1 Å². The van der Waals surface area contributed by atoms with E-state index in [1.807, 2.05) is 13.0 Å². The third-order valence-electron chi connectivity index (χ3n) is 3.50. The lowest BCUT2D eigenvalue weighted by Gasteiger charge is -2.18. The second-order valence-corrected chi connectivity index (χ2v) is 5.92. The van der Waals surface area contributed by atoms with Crippen molar-refractivity contribution in [3.05, 3.63) is 57.6 Å². The molecule has 0 fully saturated rings. The lowest BCUT2D eigenvalue weighted by molar-refractivity contribution is -0.114. The highest BCUT2D eigenvalue weighted by Crippen LogP contribution is 2.36. The number of halogens is 1. The summed E-state index contributed by atoms with van der Waals surface area (Å²) in [6.07, 6.45) is 0. The van der Waals surface area contributed by atoms with Crippen molar-refractivity contribution in [3.63, 3.8) is 0 Å². The summed E-state index contributed by atoms with van der Waals surface area (Å²) in [7, 11) is 0. The third-order valence-corrected chi connectivity index (χ3v) is 3.95. The average molecular weight is 346 g/mol. The van der Waals surface area contributed by atoms with Gasteiger partial charge in [0.2, 0.25) is 0 Å². The number of phenolic OH excluding ortho intramolecular Hbond substituents is 1. The zero-order valence-corrected chi connectivity index (χ0v) is 12.8. The van der Waals surface area contributed by atoms with Gasteiger partial charge in [-0.15, -0.1) is 0 Å². The van der Waals surface area contributed by atoms with E-state index in [1.54, 1.807) is 30.3 Å². The summed E-state index contributed by atoms with van der Waals surface area (Å²) in [4.78, 5) is 25.8. The van der Waals surface area contributed by atoms with Crippen LogP contribution in [-0.4, -0.2) is 16.8 Å². The first-order valence-corrected chi connectivity index (χ1v) is 7.21. The summed E-state index contributed by atoms with van der Waals surface area (Å²) in [6.45, 7) is 2.18. The molecule has 106 valence electrons. The SMILES string of the molecule is Cc1cc(Br)cc2c1N(Cc1ccc(O)cc1)C(=O)C2=O. The summed E-state index contributed by atoms with van der Waals surface area (Å²) < 4.78 is 0.784. The van der Waals surface area contributed by atoms with Gasteiger partial charge in [-0.05, 0) is 42.3 Å². The largest absolute Gasteiger partial charge is 0.508 e. The van der Waals surface area contributed by atoms with Crippen LogP contribution in [0.4, 0.5) is 5.69 Å². The first-order chi connectivity index (χ1) is 9.97. The van der Waals surface area contributed by atoms with E-state index in [0.29, 0.717) is 17.8 Å². The zero-order chi connectivity index (χ0) is 15.1. The van der Waals surface area contributed by atoms with E-state index in [1.165, 1.54) is 4.90 Å². The molecular weight excluding hydrogens is 334 g/mol. The van der Waals surface area contributed by atoms with E-state index >= 15 is 0 Å². The van der Waals surface area contributed by atoms with E-state index in [4.69, 9.17) is 0 Å². The van der Waals surface area contributed by atoms with Gasteiger partial charge in [0.15, 0.2) is 0 Å². The van der Waals surface area contributed by atoms with Gasteiger partial charge in [0.1, 0.15) is 5.75 Å². The summed E-state index contributed by atoms with van der Waals surface area (Å²) in [5, 5.41) is 9.30. The van der Waals surface area contributed by atoms with Crippen LogP contribution in [0, 0.1) is 6.92 Å². The molecule has 4 nitrogen and oxygen atoms in total. The number of hydrogen-bond acceptors (Lipinski definition) is 3. The van der Waals surface area contributed by atoms with Gasteiger partial charge in [-0.3, -0.25) is 9.59 Å². The topological polar surface area (TPSA) is 57.6 Å². The molecule has 1 aliphatic rings. The molecule has 1 heterocycles. The highest BCUT2D eigenvalue weighted by molar-refractivity contribution is 9.10. The van der Waals surface area contributed by atoms with Gasteiger partial charge >= 0.3 is 0 Å². The van der Waals surface area contributed by atoms with Crippen molar-refractivity contribution in [1.82, 2.24) is 0 Å². The second kappa shape index (κ2) is 5.00. The molecule has 0 aliphatic carbocycles. The number of fused-ring (bicyclic) bond motifs is 1. The van der Waals surface area contributed by atoms with Crippen molar-refractivity contribution in [2.75, 3.05) is 4.90 Å². The molecule has 0 unspecified atom stereocenters. The number of ketones is 1. The summed E-state index contributed by atoms with van der Waals surface area (Å²) >= 11 is 3.35. The minimum absolute atomic E-state index is 0.170. The predicted octanol–water partition coefficient (Wildman–Crippen LogP) is 3.19. The minimum Gasteiger partial charge on any atom is -0.508 e. The Hall–Kier alpha value is -2.14. The lowest BCUT2D eigenvalue weighted by atomic mass is 10.1. The van der Waals surface area contributed by atoms with E-state index in [0.717, 1.165) is 15.6 Å². The molecule has 5 heteroatoms. The fraction of sp³-hybridized carbons (Fsp3) is 0.125. The number of Topliss-reactive ketones (excluding diaryl/α,β-unsaturated/α-hetero) is 1. The molecular formula is C16H12BrNO3. The van der Waals surface area contributed by atoms with Gasteiger partial charge in [0.05, 0.1) is 17.8 Å². The molecule has 2 aromatic rings. The number of anilines is 1. The van der Waals surface area contributed by atoms with Gasteiger partial charge in [-0.2, -0.15) is 0 Å². The van der Waals surface area contributed by atoms with E-state index < -0.39 is 11.7 Å². The molecule has 3 rings (SSSR count). The Morgan fingerprint density at radius 1 is 1.14 bits per heavy atom. The minimum atomic E-state index is -0.515. The molecule has 0 radical (unpaired) electrons. The maximum atomic E-state index is 12.2. The van der Waals surface area contributed by atoms with Crippen LogP contribution < -0.4 is 4.90 Å². The molecule has 0 spiro atoms. The number of amides is 1. The van der Waals surface area contributed by atoms with Crippen molar-refractivity contribution < 1.29 is 14.7 Å². The highest BCUT2D eigenvalue weighted by atomic mass is 79.9. The maximum Gasteiger partial charge on any atom is 0.299 e. The smallest absolute Gasteiger partial charge is 0.299 e. The Balaban J connectivity index is 2.03. The van der Waals surface area contributed by atoms with Crippen LogP contribution >= 0.6 is 15.9 Å². The standard InChI is InChI=1S/C16H12BrNO3/c1-9-6-11(17)7-13-14(9)18(16(21)15(13)20)8-10-2-4-12(19)5-3-10/h2-7,19H,8H2,1H3. The summed E-state index contributed by atoms with van der Waals surface area (Å²) in [5.74, 6) is -0.824. The van der Waals surface area contributed by atoms with Crippen LogP contribution in [0.1, 0.15) is 21.5 Å². The molecule has 0 aromatic heterocycles. The average Bonchev–Trinajstić information content (AvgIpc) is 2.67. The Morgan fingerprint density at radius 2 is 1.81 bits per heavy atom. The van der Waals surface area contributed by atoms with E-state index in [-0.39, 0.29) is 5.75 Å². The van der Waals surface area contributed by atoms with E-state index in [2.05, 4.69) is 15.9 Å². The second-order valence-electron chi connectivity index (χ2n) is 5.01. The number of carbonyl (C=O) groups excluding carboxylic acids is 2. The van der Waals surface area contributed by atoms with Gasteiger partial charge in [0, 0.05) is 4.47 Å². The fourth-order valence-corrected chi connectivity index (χ4v) is 3.11. The predicted molar refractivity (Wildman–Crippen MR) is 82.5 cm³/mol. The van der Waals surface area contributed by atoms with E-state index in [9.17, 15) is 14.7 Å². The highest BCUT2D eigenvalue weighted by Gasteiger charge is 2.37. The molecule has 0 saturated heterocycles. The Bertz CT molecular complexity index is 753. The zero-order valence-electron chi connectivity index (χ0n) is 11.3. The van der Waals surface area contributed by atoms with Crippen molar-refractivity contribution in [2.45, 2.75) is 13.5 Å². The number of aryl methyl sites for hydroxylation is 1. The lowest BCUT2D eigenvalue weighted by Crippen LogP contribution is -2.29. The monoisotopic (exact) mass is 345 g/mol.